The van der Waals surface area contributed by atoms with Gasteiger partial charge >= 0.3 is 0 Å². The molecule has 3 aromatic rings. The molecule has 25 heavy (non-hydrogen) atoms. The minimum Gasteiger partial charge on any atom is -0.337 e. The molecule has 0 fully saturated rings. The highest BCUT2D eigenvalue weighted by atomic mass is 19.1. The lowest BCUT2D eigenvalue weighted by Crippen LogP contribution is -2.15. The molecule has 1 aromatic heterocycles. The first-order valence-electron chi connectivity index (χ1n) is 7.76. The summed E-state index contributed by atoms with van der Waals surface area (Å²) in [5, 5.41) is 5.65. The van der Waals surface area contributed by atoms with Crippen LogP contribution in [0.2, 0.25) is 0 Å². The van der Waals surface area contributed by atoms with Crippen LogP contribution in [0.3, 0.4) is 0 Å². The maximum atomic E-state index is 13.6. The molecule has 0 saturated heterocycles. The zero-order chi connectivity index (χ0) is 17.8. The van der Waals surface area contributed by atoms with Gasteiger partial charge in [0.1, 0.15) is 17.3 Å². The van der Waals surface area contributed by atoms with E-state index < -0.39 is 0 Å². The Labute approximate surface area is 145 Å². The quantitative estimate of drug-likeness (QED) is 0.748. The molecule has 5 nitrogen and oxygen atoms in total. The molecule has 6 heteroatoms. The van der Waals surface area contributed by atoms with Gasteiger partial charge in [0.25, 0.3) is 5.91 Å². The zero-order valence-corrected chi connectivity index (χ0v) is 13.9. The van der Waals surface area contributed by atoms with Crippen molar-refractivity contribution in [3.63, 3.8) is 0 Å². The highest BCUT2D eigenvalue weighted by Crippen LogP contribution is 2.19. The lowest BCUT2D eigenvalue weighted by atomic mass is 10.1. The van der Waals surface area contributed by atoms with Gasteiger partial charge in [0, 0.05) is 5.69 Å². The number of para-hydroxylation sites is 1. The average Bonchev–Trinajstić information content (AvgIpc) is 2.61. The summed E-state index contributed by atoms with van der Waals surface area (Å²) in [7, 11) is 0. The Balaban J connectivity index is 1.72. The van der Waals surface area contributed by atoms with Crippen molar-refractivity contribution in [3.8, 4) is 0 Å². The Morgan fingerprint density at radius 2 is 1.72 bits per heavy atom. The van der Waals surface area contributed by atoms with Crippen molar-refractivity contribution in [2.24, 2.45) is 0 Å². The molecule has 0 bridgehead atoms. The average molecular weight is 336 g/mol. The standard InChI is InChI=1S/C19H17FN4O/c1-12-6-5-9-15(13(12)2)24-19(25)17-10-22-18(11-21-17)23-16-8-4-3-7-14(16)20/h3-11H,1-2H3,(H,22,23)(H,24,25). The van der Waals surface area contributed by atoms with Crippen molar-refractivity contribution >= 4 is 23.1 Å². The monoisotopic (exact) mass is 336 g/mol. The van der Waals surface area contributed by atoms with Crippen LogP contribution in [0.5, 0.6) is 0 Å². The van der Waals surface area contributed by atoms with Gasteiger partial charge in [-0.2, -0.15) is 0 Å². The van der Waals surface area contributed by atoms with Gasteiger partial charge in [0.2, 0.25) is 0 Å². The predicted octanol–water partition coefficient (Wildman–Crippen LogP) is 4.23. The number of halogens is 1. The van der Waals surface area contributed by atoms with Gasteiger partial charge in [0.05, 0.1) is 18.1 Å². The molecule has 2 aromatic carbocycles. The molecule has 0 aliphatic rings. The van der Waals surface area contributed by atoms with Crippen LogP contribution >= 0.6 is 0 Å². The normalized spacial score (nSPS) is 10.4. The van der Waals surface area contributed by atoms with Crippen LogP contribution in [0.4, 0.5) is 21.6 Å². The summed E-state index contributed by atoms with van der Waals surface area (Å²) < 4.78 is 13.6. The van der Waals surface area contributed by atoms with Crippen molar-refractivity contribution in [2.75, 3.05) is 10.6 Å². The zero-order valence-electron chi connectivity index (χ0n) is 13.9. The molecule has 0 saturated carbocycles. The number of rotatable bonds is 4. The van der Waals surface area contributed by atoms with Gasteiger partial charge in [-0.05, 0) is 43.2 Å². The lowest BCUT2D eigenvalue weighted by Gasteiger charge is -2.10. The highest BCUT2D eigenvalue weighted by Gasteiger charge is 2.11. The summed E-state index contributed by atoms with van der Waals surface area (Å²) in [6.45, 7) is 3.92. The van der Waals surface area contributed by atoms with Gasteiger partial charge in [0.15, 0.2) is 0 Å². The molecule has 126 valence electrons. The van der Waals surface area contributed by atoms with E-state index in [9.17, 15) is 9.18 Å². The summed E-state index contributed by atoms with van der Waals surface area (Å²) in [5.41, 5.74) is 3.31. The van der Waals surface area contributed by atoms with E-state index in [1.807, 2.05) is 32.0 Å². The first kappa shape index (κ1) is 16.6. The molecule has 0 unspecified atom stereocenters. The minimum absolute atomic E-state index is 0.181. The third-order valence-electron chi connectivity index (χ3n) is 3.87. The van der Waals surface area contributed by atoms with E-state index in [0.29, 0.717) is 11.5 Å². The fraction of sp³-hybridized carbons (Fsp3) is 0.105. The Kier molecular flexibility index (Phi) is 4.70. The molecule has 2 N–H and O–H groups in total. The third-order valence-corrected chi connectivity index (χ3v) is 3.87. The van der Waals surface area contributed by atoms with Gasteiger partial charge in [-0.25, -0.2) is 14.4 Å². The maximum absolute atomic E-state index is 13.6. The van der Waals surface area contributed by atoms with Crippen molar-refractivity contribution in [2.45, 2.75) is 13.8 Å². The van der Waals surface area contributed by atoms with Crippen LogP contribution < -0.4 is 10.6 Å². The molecule has 3 rings (SSSR count). The van der Waals surface area contributed by atoms with Gasteiger partial charge in [-0.3, -0.25) is 4.79 Å². The molecular weight excluding hydrogens is 319 g/mol. The molecule has 1 heterocycles. The number of aryl methyl sites for hydroxylation is 1. The minimum atomic E-state index is -0.388. The molecule has 0 aliphatic carbocycles. The number of benzene rings is 2. The topological polar surface area (TPSA) is 66.9 Å². The molecular formula is C19H17FN4O. The largest absolute Gasteiger partial charge is 0.337 e. The number of nitrogens with zero attached hydrogens (tertiary/aromatic N) is 2. The van der Waals surface area contributed by atoms with E-state index in [0.717, 1.165) is 16.8 Å². The summed E-state index contributed by atoms with van der Waals surface area (Å²) >= 11 is 0. The van der Waals surface area contributed by atoms with E-state index >= 15 is 0 Å². The van der Waals surface area contributed by atoms with Crippen LogP contribution in [0.15, 0.2) is 54.9 Å². The van der Waals surface area contributed by atoms with Gasteiger partial charge < -0.3 is 10.6 Å². The molecule has 0 aliphatic heterocycles. The van der Waals surface area contributed by atoms with Crippen LogP contribution in [0, 0.1) is 19.7 Å². The fourth-order valence-electron chi connectivity index (χ4n) is 2.28. The number of nitrogens with one attached hydrogen (secondary N) is 2. The van der Waals surface area contributed by atoms with Crippen LogP contribution in [0.1, 0.15) is 21.6 Å². The maximum Gasteiger partial charge on any atom is 0.275 e. The Bertz CT molecular complexity index is 910. The lowest BCUT2D eigenvalue weighted by molar-refractivity contribution is 0.102. The van der Waals surface area contributed by atoms with Crippen LogP contribution in [-0.2, 0) is 0 Å². The van der Waals surface area contributed by atoms with Gasteiger partial charge in [-0.15, -0.1) is 0 Å². The number of carbonyl (C=O) groups is 1. The summed E-state index contributed by atoms with van der Waals surface area (Å²) in [6.07, 6.45) is 2.74. The van der Waals surface area contributed by atoms with E-state index in [-0.39, 0.29) is 17.4 Å². The van der Waals surface area contributed by atoms with E-state index in [2.05, 4.69) is 20.6 Å². The second-order valence-electron chi connectivity index (χ2n) is 5.59. The van der Waals surface area contributed by atoms with E-state index in [4.69, 9.17) is 0 Å². The molecule has 1 amide bonds. The highest BCUT2D eigenvalue weighted by molar-refractivity contribution is 6.03. The van der Waals surface area contributed by atoms with Gasteiger partial charge in [-0.1, -0.05) is 24.3 Å². The predicted molar refractivity (Wildman–Crippen MR) is 95.6 cm³/mol. The van der Waals surface area contributed by atoms with E-state index in [1.54, 1.807) is 18.2 Å². The number of amides is 1. The summed E-state index contributed by atoms with van der Waals surface area (Å²) in [4.78, 5) is 20.5. The first-order valence-corrected chi connectivity index (χ1v) is 7.76. The molecule has 0 atom stereocenters. The summed E-state index contributed by atoms with van der Waals surface area (Å²) in [6, 6.07) is 12.0. The molecule has 0 radical (unpaired) electrons. The van der Waals surface area contributed by atoms with Crippen molar-refractivity contribution < 1.29 is 9.18 Å². The SMILES string of the molecule is Cc1cccc(NC(=O)c2cnc(Nc3ccccc3F)cn2)c1C. The van der Waals surface area contributed by atoms with Crippen LogP contribution in [0.25, 0.3) is 0 Å². The van der Waals surface area contributed by atoms with Crippen molar-refractivity contribution in [3.05, 3.63) is 77.5 Å². The smallest absolute Gasteiger partial charge is 0.275 e. The Morgan fingerprint density at radius 3 is 2.44 bits per heavy atom. The second-order valence-corrected chi connectivity index (χ2v) is 5.59. The first-order chi connectivity index (χ1) is 12.0. The number of carbonyl (C=O) groups excluding carboxylic acids is 1. The Hall–Kier alpha value is -3.28. The van der Waals surface area contributed by atoms with Crippen LogP contribution in [-0.4, -0.2) is 15.9 Å². The second kappa shape index (κ2) is 7.09. The summed E-state index contributed by atoms with van der Waals surface area (Å²) in [5.74, 6) is -0.381. The molecule has 0 spiro atoms. The number of aromatic nitrogens is 2. The fourth-order valence-corrected chi connectivity index (χ4v) is 2.28. The van der Waals surface area contributed by atoms with Crippen molar-refractivity contribution in [1.29, 1.82) is 0 Å². The Morgan fingerprint density at radius 1 is 0.960 bits per heavy atom. The number of hydrogen-bond acceptors (Lipinski definition) is 4. The van der Waals surface area contributed by atoms with Crippen molar-refractivity contribution in [1.82, 2.24) is 9.97 Å². The number of anilines is 3. The number of hydrogen-bond donors (Lipinski definition) is 2. The third kappa shape index (κ3) is 3.80. The van der Waals surface area contributed by atoms with E-state index in [1.165, 1.54) is 18.5 Å².